The number of hydrogen-bond donors (Lipinski definition) is 1. The van der Waals surface area contributed by atoms with E-state index in [9.17, 15) is 14.0 Å². The highest BCUT2D eigenvalue weighted by molar-refractivity contribution is 5.96. The summed E-state index contributed by atoms with van der Waals surface area (Å²) < 4.78 is 28.9. The second-order valence-electron chi connectivity index (χ2n) is 5.10. The number of carbonyl (C=O) groups is 2. The molecule has 0 saturated carbocycles. The number of para-hydroxylation sites is 1. The van der Waals surface area contributed by atoms with E-state index in [-0.39, 0.29) is 17.9 Å². The monoisotopic (exact) mass is 331 g/mol. The van der Waals surface area contributed by atoms with Gasteiger partial charge in [0.05, 0.1) is 12.8 Å². The van der Waals surface area contributed by atoms with Gasteiger partial charge in [-0.2, -0.15) is 0 Å². The van der Waals surface area contributed by atoms with Crippen molar-refractivity contribution in [2.24, 2.45) is 0 Å². The Balaban J connectivity index is 1.62. The average Bonchev–Trinajstić information content (AvgIpc) is 3.20. The molecule has 0 spiro atoms. The van der Waals surface area contributed by atoms with E-state index in [0.29, 0.717) is 16.7 Å². The van der Waals surface area contributed by atoms with Gasteiger partial charge in [-0.1, -0.05) is 12.1 Å². The molecule has 0 aliphatic heterocycles. The van der Waals surface area contributed by atoms with E-state index in [4.69, 9.17) is 13.6 Å². The van der Waals surface area contributed by atoms with Crippen molar-refractivity contribution < 1.29 is 27.6 Å². The Morgan fingerprint density at radius 1 is 1.25 bits per heavy atom. The lowest BCUT2D eigenvalue weighted by molar-refractivity contribution is -0.124. The Labute approximate surface area is 136 Å². The van der Waals surface area contributed by atoms with Crippen LogP contribution in [-0.4, -0.2) is 18.5 Å². The zero-order valence-corrected chi connectivity index (χ0v) is 12.8. The number of carbonyl (C=O) groups excluding carboxylic acids is 2. The quantitative estimate of drug-likeness (QED) is 0.727. The molecular weight excluding hydrogens is 317 g/mol. The lowest BCUT2D eigenvalue weighted by Gasteiger charge is -2.04. The fourth-order valence-electron chi connectivity index (χ4n) is 2.25. The van der Waals surface area contributed by atoms with E-state index in [1.54, 1.807) is 25.1 Å². The molecule has 1 N–H and O–H groups in total. The molecule has 1 aromatic carbocycles. The van der Waals surface area contributed by atoms with Gasteiger partial charge < -0.3 is 18.9 Å². The van der Waals surface area contributed by atoms with Crippen molar-refractivity contribution in [2.75, 3.05) is 6.61 Å². The van der Waals surface area contributed by atoms with E-state index in [1.165, 1.54) is 18.4 Å². The molecule has 0 atom stereocenters. The average molecular weight is 331 g/mol. The molecule has 3 aromatic rings. The standard InChI is InChI=1S/C17H14FNO5/c1-10-12-5-2-6-13(18)16(12)24-15(10)17(21)23-9-14(20)19-8-11-4-3-7-22-11/h2-7H,8-9H2,1H3,(H,19,20). The highest BCUT2D eigenvalue weighted by Crippen LogP contribution is 2.27. The molecule has 0 aliphatic carbocycles. The number of amides is 1. The van der Waals surface area contributed by atoms with Crippen molar-refractivity contribution in [1.29, 1.82) is 0 Å². The van der Waals surface area contributed by atoms with Gasteiger partial charge in [-0.25, -0.2) is 9.18 Å². The van der Waals surface area contributed by atoms with Gasteiger partial charge in [0.25, 0.3) is 5.91 Å². The van der Waals surface area contributed by atoms with Gasteiger partial charge in [-0.3, -0.25) is 4.79 Å². The van der Waals surface area contributed by atoms with Crippen molar-refractivity contribution in [1.82, 2.24) is 5.32 Å². The van der Waals surface area contributed by atoms with Crippen LogP contribution in [0.2, 0.25) is 0 Å². The van der Waals surface area contributed by atoms with Crippen LogP contribution >= 0.6 is 0 Å². The van der Waals surface area contributed by atoms with Gasteiger partial charge in [0, 0.05) is 10.9 Å². The molecule has 2 aromatic heterocycles. The molecule has 0 fully saturated rings. The van der Waals surface area contributed by atoms with E-state index >= 15 is 0 Å². The van der Waals surface area contributed by atoms with E-state index < -0.39 is 24.3 Å². The molecular formula is C17H14FNO5. The summed E-state index contributed by atoms with van der Waals surface area (Å²) in [5, 5.41) is 3.03. The fraction of sp³-hybridized carbons (Fsp3) is 0.176. The summed E-state index contributed by atoms with van der Waals surface area (Å²) in [5.41, 5.74) is 0.453. The first-order valence-electron chi connectivity index (χ1n) is 7.20. The van der Waals surface area contributed by atoms with Gasteiger partial charge in [-0.05, 0) is 25.1 Å². The normalized spacial score (nSPS) is 10.8. The Bertz CT molecular complexity index is 882. The summed E-state index contributed by atoms with van der Waals surface area (Å²) in [6.07, 6.45) is 1.49. The Morgan fingerprint density at radius 3 is 2.79 bits per heavy atom. The van der Waals surface area contributed by atoms with Crippen LogP contribution in [-0.2, 0) is 16.1 Å². The molecule has 1 amide bonds. The van der Waals surface area contributed by atoms with Crippen LogP contribution in [0.15, 0.2) is 45.4 Å². The summed E-state index contributed by atoms with van der Waals surface area (Å²) in [6.45, 7) is 1.34. The van der Waals surface area contributed by atoms with Gasteiger partial charge in [0.2, 0.25) is 5.76 Å². The van der Waals surface area contributed by atoms with Crippen molar-refractivity contribution in [3.8, 4) is 0 Å². The molecule has 6 nitrogen and oxygen atoms in total. The number of halogens is 1. The van der Waals surface area contributed by atoms with Crippen molar-refractivity contribution in [2.45, 2.75) is 13.5 Å². The second-order valence-corrected chi connectivity index (χ2v) is 5.10. The van der Waals surface area contributed by atoms with Crippen molar-refractivity contribution >= 4 is 22.8 Å². The number of nitrogens with one attached hydrogen (secondary N) is 1. The number of aryl methyl sites for hydroxylation is 1. The van der Waals surface area contributed by atoms with Crippen LogP contribution in [0.5, 0.6) is 0 Å². The van der Waals surface area contributed by atoms with Crippen molar-refractivity contribution in [3.63, 3.8) is 0 Å². The third-order valence-electron chi connectivity index (χ3n) is 3.48. The molecule has 0 saturated heterocycles. The number of furan rings is 2. The number of rotatable bonds is 5. The summed E-state index contributed by atoms with van der Waals surface area (Å²) in [5.74, 6) is -1.41. The smallest absolute Gasteiger partial charge is 0.375 e. The predicted molar refractivity (Wildman–Crippen MR) is 81.7 cm³/mol. The van der Waals surface area contributed by atoms with Crippen LogP contribution < -0.4 is 5.32 Å². The molecule has 3 rings (SSSR count). The molecule has 0 bridgehead atoms. The molecule has 0 aliphatic rings. The van der Waals surface area contributed by atoms with Gasteiger partial charge in [-0.15, -0.1) is 0 Å². The maximum atomic E-state index is 13.7. The van der Waals surface area contributed by atoms with Crippen LogP contribution in [0.3, 0.4) is 0 Å². The molecule has 0 radical (unpaired) electrons. The van der Waals surface area contributed by atoms with E-state index in [0.717, 1.165) is 0 Å². The van der Waals surface area contributed by atoms with Crippen LogP contribution in [0.25, 0.3) is 11.0 Å². The topological polar surface area (TPSA) is 81.7 Å². The minimum Gasteiger partial charge on any atom is -0.467 e. The summed E-state index contributed by atoms with van der Waals surface area (Å²) in [7, 11) is 0. The Morgan fingerprint density at radius 2 is 2.08 bits per heavy atom. The molecule has 24 heavy (non-hydrogen) atoms. The van der Waals surface area contributed by atoms with E-state index in [2.05, 4.69) is 5.32 Å². The maximum absolute atomic E-state index is 13.7. The maximum Gasteiger partial charge on any atom is 0.375 e. The van der Waals surface area contributed by atoms with Gasteiger partial charge in [0.15, 0.2) is 18.0 Å². The zero-order valence-electron chi connectivity index (χ0n) is 12.8. The fourth-order valence-corrected chi connectivity index (χ4v) is 2.25. The molecule has 124 valence electrons. The third kappa shape index (κ3) is 3.15. The summed E-state index contributed by atoms with van der Waals surface area (Å²) >= 11 is 0. The minimum absolute atomic E-state index is 0.00998. The lowest BCUT2D eigenvalue weighted by atomic mass is 10.1. The largest absolute Gasteiger partial charge is 0.467 e. The third-order valence-corrected chi connectivity index (χ3v) is 3.48. The van der Waals surface area contributed by atoms with Gasteiger partial charge >= 0.3 is 5.97 Å². The van der Waals surface area contributed by atoms with Crippen LogP contribution in [0.1, 0.15) is 21.9 Å². The lowest BCUT2D eigenvalue weighted by Crippen LogP contribution is -2.28. The molecule has 2 heterocycles. The van der Waals surface area contributed by atoms with Crippen LogP contribution in [0, 0.1) is 12.7 Å². The first-order valence-corrected chi connectivity index (χ1v) is 7.20. The number of benzene rings is 1. The summed E-state index contributed by atoms with van der Waals surface area (Å²) in [6, 6.07) is 7.81. The van der Waals surface area contributed by atoms with Crippen LogP contribution in [0.4, 0.5) is 4.39 Å². The molecule has 7 heteroatoms. The Hall–Kier alpha value is -3.09. The Kier molecular flexibility index (Phi) is 4.33. The van der Waals surface area contributed by atoms with Crippen molar-refractivity contribution in [3.05, 3.63) is 59.5 Å². The second kappa shape index (κ2) is 6.57. The number of ether oxygens (including phenoxy) is 1. The predicted octanol–water partition coefficient (Wildman–Crippen LogP) is 2.95. The zero-order chi connectivity index (χ0) is 17.1. The first-order chi connectivity index (χ1) is 11.6. The minimum atomic E-state index is -0.823. The number of esters is 1. The SMILES string of the molecule is Cc1c(C(=O)OCC(=O)NCc2ccco2)oc2c(F)cccc12. The van der Waals surface area contributed by atoms with Gasteiger partial charge in [0.1, 0.15) is 5.76 Å². The van der Waals surface area contributed by atoms with E-state index in [1.807, 2.05) is 0 Å². The number of hydrogen-bond acceptors (Lipinski definition) is 5. The highest BCUT2D eigenvalue weighted by atomic mass is 19.1. The molecule has 0 unspecified atom stereocenters. The number of fused-ring (bicyclic) bond motifs is 1. The highest BCUT2D eigenvalue weighted by Gasteiger charge is 2.21. The first kappa shape index (κ1) is 15.8. The summed E-state index contributed by atoms with van der Waals surface area (Å²) in [4.78, 5) is 23.7.